The van der Waals surface area contributed by atoms with Crippen molar-refractivity contribution < 1.29 is 18.7 Å². The van der Waals surface area contributed by atoms with Gasteiger partial charge in [-0.2, -0.15) is 0 Å². The Morgan fingerprint density at radius 3 is 3.00 bits per heavy atom. The SMILES string of the molecule is CC(=O)NCC1CN(c2ccc(-n3ccc4cccnc43)c(F)c2)C(=O)O1. The number of carbonyl (C=O) groups excluding carboxylic acids is 2. The third-order valence-electron chi connectivity index (χ3n) is 4.40. The van der Waals surface area contributed by atoms with Gasteiger partial charge in [0.25, 0.3) is 0 Å². The number of carbonyl (C=O) groups is 2. The summed E-state index contributed by atoms with van der Waals surface area (Å²) in [5, 5.41) is 3.52. The van der Waals surface area contributed by atoms with Crippen molar-refractivity contribution in [2.24, 2.45) is 0 Å². The van der Waals surface area contributed by atoms with E-state index in [0.29, 0.717) is 17.0 Å². The van der Waals surface area contributed by atoms with Gasteiger partial charge >= 0.3 is 6.09 Å². The number of rotatable bonds is 4. The molecule has 1 unspecified atom stereocenters. The molecule has 4 rings (SSSR count). The van der Waals surface area contributed by atoms with Crippen LogP contribution < -0.4 is 10.2 Å². The molecule has 27 heavy (non-hydrogen) atoms. The van der Waals surface area contributed by atoms with Gasteiger partial charge in [-0.1, -0.05) is 0 Å². The van der Waals surface area contributed by atoms with Gasteiger partial charge in [-0.3, -0.25) is 14.3 Å². The van der Waals surface area contributed by atoms with Crippen molar-refractivity contribution in [1.29, 1.82) is 0 Å². The van der Waals surface area contributed by atoms with Crippen molar-refractivity contribution in [1.82, 2.24) is 14.9 Å². The molecule has 0 saturated carbocycles. The topological polar surface area (TPSA) is 76.5 Å². The van der Waals surface area contributed by atoms with E-state index in [4.69, 9.17) is 4.74 Å². The van der Waals surface area contributed by atoms with Gasteiger partial charge in [0.1, 0.15) is 17.6 Å². The van der Waals surface area contributed by atoms with Crippen LogP contribution in [0.3, 0.4) is 0 Å². The Morgan fingerprint density at radius 2 is 2.22 bits per heavy atom. The van der Waals surface area contributed by atoms with Crippen LogP contribution in [-0.4, -0.2) is 40.7 Å². The van der Waals surface area contributed by atoms with Crippen molar-refractivity contribution in [3.63, 3.8) is 0 Å². The average Bonchev–Trinajstić information content (AvgIpc) is 3.23. The fraction of sp³-hybridized carbons (Fsp3) is 0.211. The highest BCUT2D eigenvalue weighted by molar-refractivity contribution is 5.90. The summed E-state index contributed by atoms with van der Waals surface area (Å²) in [6.07, 6.45) is 2.37. The number of hydrogen-bond donors (Lipinski definition) is 1. The monoisotopic (exact) mass is 368 g/mol. The van der Waals surface area contributed by atoms with Crippen LogP contribution in [0.5, 0.6) is 0 Å². The molecular formula is C19H17FN4O3. The molecule has 1 atom stereocenters. The van der Waals surface area contributed by atoms with Gasteiger partial charge in [0.15, 0.2) is 0 Å². The third-order valence-corrected chi connectivity index (χ3v) is 4.40. The van der Waals surface area contributed by atoms with Crippen LogP contribution >= 0.6 is 0 Å². The van der Waals surface area contributed by atoms with E-state index in [0.717, 1.165) is 5.39 Å². The number of fused-ring (bicyclic) bond motifs is 1. The minimum absolute atomic E-state index is 0.201. The second kappa shape index (κ2) is 6.71. The first-order valence-corrected chi connectivity index (χ1v) is 8.47. The van der Waals surface area contributed by atoms with Gasteiger partial charge in [0, 0.05) is 24.7 Å². The van der Waals surface area contributed by atoms with E-state index in [-0.39, 0.29) is 19.0 Å². The highest BCUT2D eigenvalue weighted by Crippen LogP contribution is 2.27. The van der Waals surface area contributed by atoms with Crippen LogP contribution in [-0.2, 0) is 9.53 Å². The average molecular weight is 368 g/mol. The molecule has 8 heteroatoms. The molecule has 1 aliphatic heterocycles. The van der Waals surface area contributed by atoms with Gasteiger partial charge in [0.2, 0.25) is 5.91 Å². The summed E-state index contributed by atoms with van der Waals surface area (Å²) < 4.78 is 21.7. The lowest BCUT2D eigenvalue weighted by Gasteiger charge is -2.15. The summed E-state index contributed by atoms with van der Waals surface area (Å²) in [7, 11) is 0. The van der Waals surface area contributed by atoms with Crippen LogP contribution in [0.1, 0.15) is 6.92 Å². The zero-order valence-electron chi connectivity index (χ0n) is 14.6. The maximum Gasteiger partial charge on any atom is 0.414 e. The number of anilines is 1. The van der Waals surface area contributed by atoms with E-state index in [1.807, 2.05) is 18.2 Å². The largest absolute Gasteiger partial charge is 0.442 e. The van der Waals surface area contributed by atoms with E-state index < -0.39 is 18.0 Å². The zero-order chi connectivity index (χ0) is 19.0. The van der Waals surface area contributed by atoms with Crippen molar-refractivity contribution >= 4 is 28.7 Å². The lowest BCUT2D eigenvalue weighted by molar-refractivity contribution is -0.119. The molecule has 1 saturated heterocycles. The predicted molar refractivity (Wildman–Crippen MR) is 97.3 cm³/mol. The third kappa shape index (κ3) is 3.21. The Balaban J connectivity index is 1.59. The van der Waals surface area contributed by atoms with Crippen molar-refractivity contribution in [2.75, 3.05) is 18.0 Å². The maximum atomic E-state index is 14.8. The predicted octanol–water partition coefficient (Wildman–Crippen LogP) is 2.63. The molecule has 138 valence electrons. The first-order chi connectivity index (χ1) is 13.0. The zero-order valence-corrected chi connectivity index (χ0v) is 14.6. The minimum atomic E-state index is -0.564. The summed E-state index contributed by atoms with van der Waals surface area (Å²) in [4.78, 5) is 28.7. The van der Waals surface area contributed by atoms with E-state index in [1.54, 1.807) is 29.1 Å². The van der Waals surface area contributed by atoms with Crippen molar-refractivity contribution in [2.45, 2.75) is 13.0 Å². The van der Waals surface area contributed by atoms with E-state index in [1.165, 1.54) is 17.9 Å². The van der Waals surface area contributed by atoms with Crippen molar-refractivity contribution in [3.8, 4) is 5.69 Å². The molecule has 0 bridgehead atoms. The number of nitrogens with zero attached hydrogens (tertiary/aromatic N) is 3. The second-order valence-electron chi connectivity index (χ2n) is 6.29. The summed E-state index contributed by atoms with van der Waals surface area (Å²) in [6.45, 7) is 1.85. The Bertz CT molecular complexity index is 1030. The standard InChI is InChI=1S/C19H17FN4O3/c1-12(25)22-10-15-11-24(19(26)27-15)14-4-5-17(16(20)9-14)23-8-6-13-3-2-7-21-18(13)23/h2-9,15H,10-11H2,1H3,(H,22,25). The molecular weight excluding hydrogens is 351 g/mol. The summed E-state index contributed by atoms with van der Waals surface area (Å²) in [5.74, 6) is -0.679. The molecule has 1 fully saturated rings. The summed E-state index contributed by atoms with van der Waals surface area (Å²) in [5.41, 5.74) is 1.39. The Labute approximate surface area is 154 Å². The van der Waals surface area contributed by atoms with Gasteiger partial charge in [0.05, 0.1) is 24.5 Å². The first-order valence-electron chi connectivity index (χ1n) is 8.47. The molecule has 0 radical (unpaired) electrons. The van der Waals surface area contributed by atoms with Crippen LogP contribution in [0.15, 0.2) is 48.8 Å². The molecule has 7 nitrogen and oxygen atoms in total. The van der Waals surface area contributed by atoms with E-state index >= 15 is 0 Å². The minimum Gasteiger partial charge on any atom is -0.442 e. The van der Waals surface area contributed by atoms with E-state index in [2.05, 4.69) is 10.3 Å². The molecule has 3 aromatic rings. The number of nitrogens with one attached hydrogen (secondary N) is 1. The Hall–Kier alpha value is -3.42. The number of halogens is 1. The summed E-state index contributed by atoms with van der Waals surface area (Å²) in [6, 6.07) is 10.2. The smallest absolute Gasteiger partial charge is 0.414 e. The fourth-order valence-electron chi connectivity index (χ4n) is 3.12. The number of aromatic nitrogens is 2. The molecule has 3 heterocycles. The first kappa shape index (κ1) is 17.0. The molecule has 1 aromatic carbocycles. The van der Waals surface area contributed by atoms with Gasteiger partial charge in [-0.25, -0.2) is 14.2 Å². The summed E-state index contributed by atoms with van der Waals surface area (Å²) >= 11 is 0. The molecule has 0 spiro atoms. The number of cyclic esters (lactones) is 1. The fourth-order valence-corrected chi connectivity index (χ4v) is 3.12. The lowest BCUT2D eigenvalue weighted by atomic mass is 10.2. The number of amides is 2. The number of pyridine rings is 1. The number of benzene rings is 1. The maximum absolute atomic E-state index is 14.8. The Kier molecular flexibility index (Phi) is 4.23. The van der Waals surface area contributed by atoms with Gasteiger partial charge in [-0.15, -0.1) is 0 Å². The number of ether oxygens (including phenoxy) is 1. The van der Waals surface area contributed by atoms with Crippen LogP contribution in [0.4, 0.5) is 14.9 Å². The molecule has 2 aromatic heterocycles. The van der Waals surface area contributed by atoms with Crippen LogP contribution in [0, 0.1) is 5.82 Å². The molecule has 0 aliphatic carbocycles. The molecule has 1 N–H and O–H groups in total. The van der Waals surface area contributed by atoms with E-state index in [9.17, 15) is 14.0 Å². The molecule has 2 amide bonds. The van der Waals surface area contributed by atoms with Crippen LogP contribution in [0.25, 0.3) is 16.7 Å². The normalized spacial score (nSPS) is 16.6. The van der Waals surface area contributed by atoms with Gasteiger partial charge in [-0.05, 0) is 36.4 Å². The number of hydrogen-bond acceptors (Lipinski definition) is 4. The lowest BCUT2D eigenvalue weighted by Crippen LogP contribution is -2.33. The highest BCUT2D eigenvalue weighted by atomic mass is 19.1. The quantitative estimate of drug-likeness (QED) is 0.768. The van der Waals surface area contributed by atoms with Gasteiger partial charge < -0.3 is 10.1 Å². The van der Waals surface area contributed by atoms with Crippen LogP contribution in [0.2, 0.25) is 0 Å². The van der Waals surface area contributed by atoms with Crippen molar-refractivity contribution in [3.05, 3.63) is 54.6 Å². The Morgan fingerprint density at radius 1 is 1.37 bits per heavy atom. The molecule has 1 aliphatic rings. The second-order valence-corrected chi connectivity index (χ2v) is 6.29. The highest BCUT2D eigenvalue weighted by Gasteiger charge is 2.32.